The van der Waals surface area contributed by atoms with Gasteiger partial charge in [0.15, 0.2) is 0 Å². The van der Waals surface area contributed by atoms with Crippen LogP contribution in [-0.2, 0) is 25.7 Å². The zero-order chi connectivity index (χ0) is 24.6. The summed E-state index contributed by atoms with van der Waals surface area (Å²) in [7, 11) is 0. The molecule has 0 spiro atoms. The fraction of sp³-hybridized carbons (Fsp3) is 0.312. The summed E-state index contributed by atoms with van der Waals surface area (Å²) < 4.78 is 0. The van der Waals surface area contributed by atoms with E-state index in [0.29, 0.717) is 11.8 Å². The van der Waals surface area contributed by atoms with E-state index in [1.165, 1.54) is 55.9 Å². The van der Waals surface area contributed by atoms with Crippen molar-refractivity contribution in [3.63, 3.8) is 0 Å². The van der Waals surface area contributed by atoms with Gasteiger partial charge in [0.1, 0.15) is 11.6 Å². The first-order valence-electron chi connectivity index (χ1n) is 13.3. The molecule has 180 valence electrons. The van der Waals surface area contributed by atoms with Gasteiger partial charge in [0.05, 0.1) is 22.4 Å². The summed E-state index contributed by atoms with van der Waals surface area (Å²) in [5, 5.41) is 0. The lowest BCUT2D eigenvalue weighted by Gasteiger charge is -2.21. The number of aromatic amines is 2. The van der Waals surface area contributed by atoms with E-state index < -0.39 is 0 Å². The fourth-order valence-electron chi connectivity index (χ4n) is 6.02. The molecule has 2 aliphatic carbocycles. The predicted octanol–water partition coefficient (Wildman–Crippen LogP) is 7.73. The Balaban J connectivity index is 1.26. The van der Waals surface area contributed by atoms with Gasteiger partial charge in [-0.25, -0.2) is 9.97 Å². The van der Waals surface area contributed by atoms with E-state index in [9.17, 15) is 0 Å². The number of H-pyrrole nitrogens is 2. The summed E-state index contributed by atoms with van der Waals surface area (Å²) in [5.41, 5.74) is 15.6. The van der Waals surface area contributed by atoms with Gasteiger partial charge in [0, 0.05) is 17.4 Å². The third-order valence-electron chi connectivity index (χ3n) is 8.05. The summed E-state index contributed by atoms with van der Waals surface area (Å²) in [6.07, 6.45) is 4.15. The third kappa shape index (κ3) is 3.27. The highest BCUT2D eigenvalue weighted by molar-refractivity contribution is 5.90. The van der Waals surface area contributed by atoms with Gasteiger partial charge >= 0.3 is 0 Å². The van der Waals surface area contributed by atoms with Crippen LogP contribution in [0.4, 0.5) is 0 Å². The van der Waals surface area contributed by atoms with E-state index >= 15 is 0 Å². The molecule has 2 heterocycles. The number of imidazole rings is 2. The van der Waals surface area contributed by atoms with E-state index in [-0.39, 0.29) is 0 Å². The van der Waals surface area contributed by atoms with Crippen LogP contribution in [0.25, 0.3) is 44.5 Å². The molecule has 5 aromatic rings. The highest BCUT2D eigenvalue weighted by Crippen LogP contribution is 2.40. The lowest BCUT2D eigenvalue weighted by atomic mass is 9.83. The van der Waals surface area contributed by atoms with Gasteiger partial charge in [-0.3, -0.25) is 0 Å². The molecule has 2 aromatic heterocycles. The summed E-state index contributed by atoms with van der Waals surface area (Å²) in [6, 6.07) is 18.5. The second kappa shape index (κ2) is 7.92. The molecule has 2 N–H and O–H groups in total. The van der Waals surface area contributed by atoms with Crippen LogP contribution in [-0.4, -0.2) is 19.9 Å². The minimum absolute atomic E-state index is 0.403. The maximum Gasteiger partial charge on any atom is 0.109 e. The molecule has 0 unspecified atom stereocenters. The largest absolute Gasteiger partial charge is 0.342 e. The summed E-state index contributed by atoms with van der Waals surface area (Å²) >= 11 is 0. The van der Waals surface area contributed by atoms with Crippen LogP contribution < -0.4 is 0 Å². The van der Waals surface area contributed by atoms with Gasteiger partial charge in [-0.1, -0.05) is 70.2 Å². The number of fused-ring (bicyclic) bond motifs is 8. The van der Waals surface area contributed by atoms with Crippen molar-refractivity contribution >= 4 is 11.0 Å². The van der Waals surface area contributed by atoms with E-state index in [2.05, 4.69) is 86.2 Å². The standard InChI is InChI=1S/C32H32N4/c1-17(2)31-33-27-13-8-22-16-20(6-10-24(22)29(27)35-31)19-5-9-23-21(15-19)7-11-26-25(23)12-14-28-30(26)36-32(34-28)18(3)4/h5-6,9-10,12,14-18H,7-8,11,13H2,1-4H3,(H,33,35)(H,34,36). The van der Waals surface area contributed by atoms with Crippen molar-refractivity contribution in [1.82, 2.24) is 19.9 Å². The average molecular weight is 473 g/mol. The zero-order valence-corrected chi connectivity index (χ0v) is 21.5. The second-order valence-electron chi connectivity index (χ2n) is 11.1. The molecule has 4 heteroatoms. The first-order valence-corrected chi connectivity index (χ1v) is 13.3. The van der Waals surface area contributed by atoms with E-state index in [0.717, 1.165) is 48.4 Å². The Labute approximate surface area is 212 Å². The normalized spacial score (nSPS) is 14.2. The quantitative estimate of drug-likeness (QED) is 0.282. The van der Waals surface area contributed by atoms with Crippen LogP contribution in [0.2, 0.25) is 0 Å². The zero-order valence-electron chi connectivity index (χ0n) is 21.5. The molecular formula is C32H32N4. The Morgan fingerprint density at radius 1 is 0.639 bits per heavy atom. The molecule has 0 radical (unpaired) electrons. The number of benzene rings is 3. The van der Waals surface area contributed by atoms with Gasteiger partial charge in [-0.15, -0.1) is 0 Å². The molecule has 0 fully saturated rings. The smallest absolute Gasteiger partial charge is 0.109 e. The third-order valence-corrected chi connectivity index (χ3v) is 8.05. The number of rotatable bonds is 3. The van der Waals surface area contributed by atoms with Crippen molar-refractivity contribution in [1.29, 1.82) is 0 Å². The molecule has 2 aliphatic rings. The van der Waals surface area contributed by atoms with Crippen molar-refractivity contribution in [3.05, 3.63) is 82.6 Å². The topological polar surface area (TPSA) is 57.4 Å². The van der Waals surface area contributed by atoms with Crippen molar-refractivity contribution in [2.45, 2.75) is 65.2 Å². The molecule has 36 heavy (non-hydrogen) atoms. The molecule has 0 bridgehead atoms. The fourth-order valence-corrected chi connectivity index (χ4v) is 6.02. The van der Waals surface area contributed by atoms with Crippen LogP contribution in [0.15, 0.2) is 48.5 Å². The van der Waals surface area contributed by atoms with Crippen molar-refractivity contribution < 1.29 is 0 Å². The number of hydrogen-bond acceptors (Lipinski definition) is 2. The maximum absolute atomic E-state index is 4.97. The SMILES string of the molecule is CC(C)c1nc2c([nH]1)-c1ccc(-c3ccc4c(c3)CCc3c-4ccc4[nH]c(C(C)C)nc34)cc1CC2. The maximum atomic E-state index is 4.97. The molecule has 7 rings (SSSR count). The molecular weight excluding hydrogens is 440 g/mol. The van der Waals surface area contributed by atoms with E-state index in [1.54, 1.807) is 0 Å². The summed E-state index contributed by atoms with van der Waals surface area (Å²) in [4.78, 5) is 17.0. The van der Waals surface area contributed by atoms with Crippen LogP contribution in [0.5, 0.6) is 0 Å². The summed E-state index contributed by atoms with van der Waals surface area (Å²) in [5.74, 6) is 3.00. The second-order valence-corrected chi connectivity index (χ2v) is 11.1. The molecule has 3 aromatic carbocycles. The number of aromatic nitrogens is 4. The van der Waals surface area contributed by atoms with Gasteiger partial charge < -0.3 is 9.97 Å². The van der Waals surface area contributed by atoms with Crippen LogP contribution in [0, 0.1) is 0 Å². The number of aryl methyl sites for hydroxylation is 4. The Morgan fingerprint density at radius 3 is 2.03 bits per heavy atom. The molecule has 0 saturated carbocycles. The van der Waals surface area contributed by atoms with E-state index in [4.69, 9.17) is 9.97 Å². The number of hydrogen-bond donors (Lipinski definition) is 2. The lowest BCUT2D eigenvalue weighted by molar-refractivity contribution is 0.787. The van der Waals surface area contributed by atoms with E-state index in [1.807, 2.05) is 0 Å². The Hall–Kier alpha value is -3.66. The molecule has 0 amide bonds. The first kappa shape index (κ1) is 21.6. The average Bonchev–Trinajstić information content (AvgIpc) is 3.53. The summed E-state index contributed by atoms with van der Waals surface area (Å²) in [6.45, 7) is 8.78. The van der Waals surface area contributed by atoms with Crippen molar-refractivity contribution in [3.8, 4) is 33.5 Å². The molecule has 0 atom stereocenters. The van der Waals surface area contributed by atoms with Gasteiger partial charge in [0.25, 0.3) is 0 Å². The van der Waals surface area contributed by atoms with Crippen LogP contribution >= 0.6 is 0 Å². The van der Waals surface area contributed by atoms with Crippen molar-refractivity contribution in [2.24, 2.45) is 0 Å². The molecule has 4 nitrogen and oxygen atoms in total. The Morgan fingerprint density at radius 2 is 1.28 bits per heavy atom. The molecule has 0 aliphatic heterocycles. The van der Waals surface area contributed by atoms with Gasteiger partial charge in [-0.2, -0.15) is 0 Å². The van der Waals surface area contributed by atoms with Crippen LogP contribution in [0.1, 0.15) is 73.6 Å². The highest BCUT2D eigenvalue weighted by Gasteiger charge is 2.23. The Bertz CT molecular complexity index is 1650. The highest BCUT2D eigenvalue weighted by atomic mass is 14.9. The van der Waals surface area contributed by atoms with Gasteiger partial charge in [0.2, 0.25) is 0 Å². The minimum atomic E-state index is 0.403. The van der Waals surface area contributed by atoms with Gasteiger partial charge in [-0.05, 0) is 70.7 Å². The molecule has 0 saturated heterocycles. The number of nitrogens with one attached hydrogen (secondary N) is 2. The number of nitrogens with zero attached hydrogens (tertiary/aromatic N) is 2. The minimum Gasteiger partial charge on any atom is -0.342 e. The van der Waals surface area contributed by atoms with Crippen LogP contribution in [0.3, 0.4) is 0 Å². The first-order chi connectivity index (χ1) is 17.5. The monoisotopic (exact) mass is 472 g/mol. The predicted molar refractivity (Wildman–Crippen MR) is 148 cm³/mol. The Kier molecular flexibility index (Phi) is 4.76. The van der Waals surface area contributed by atoms with Crippen molar-refractivity contribution in [2.75, 3.05) is 0 Å². The lowest BCUT2D eigenvalue weighted by Crippen LogP contribution is -2.05.